The molecule has 1 aliphatic heterocycles. The molecule has 1 saturated heterocycles. The number of aliphatic hydroxyl groups is 1. The lowest BCUT2D eigenvalue weighted by molar-refractivity contribution is 0.00550. The van der Waals surface area contributed by atoms with Gasteiger partial charge in [-0.2, -0.15) is 0 Å². The van der Waals surface area contributed by atoms with E-state index in [1.54, 1.807) is 0 Å². The van der Waals surface area contributed by atoms with Crippen molar-refractivity contribution in [1.82, 2.24) is 10.2 Å². The van der Waals surface area contributed by atoms with E-state index in [4.69, 9.17) is 22.4 Å². The van der Waals surface area contributed by atoms with Gasteiger partial charge in [-0.25, -0.2) is 4.79 Å². The molecule has 2 aliphatic carbocycles. The highest BCUT2D eigenvalue weighted by atomic mass is 35.5. The lowest BCUT2D eigenvalue weighted by Crippen LogP contribution is -2.54. The molecule has 1 unspecified atom stereocenters. The predicted octanol–water partition coefficient (Wildman–Crippen LogP) is 3.73. The SMILES string of the molecule is C.CC(C)[C@H](CN1CCC(C2CCC(Cl)CC2)C(C)(C)C1)NC(N)=O.O.O.OC1CCCC1. The summed E-state index contributed by atoms with van der Waals surface area (Å²) in [5, 5.41) is 12.0. The second-order valence-corrected chi connectivity index (χ2v) is 11.5. The highest BCUT2D eigenvalue weighted by Gasteiger charge is 2.41. The van der Waals surface area contributed by atoms with Crippen LogP contribution in [0.1, 0.15) is 92.9 Å². The van der Waals surface area contributed by atoms with E-state index in [1.807, 2.05) is 0 Å². The molecule has 3 rings (SSSR count). The van der Waals surface area contributed by atoms with Crippen LogP contribution in [0.2, 0.25) is 0 Å². The quantitative estimate of drug-likeness (QED) is 0.500. The van der Waals surface area contributed by atoms with Gasteiger partial charge in [-0.05, 0) is 74.7 Å². The Bertz CT molecular complexity index is 522. The number of hydrogen-bond donors (Lipinski definition) is 3. The molecule has 1 heterocycles. The van der Waals surface area contributed by atoms with E-state index < -0.39 is 6.03 Å². The first-order valence-electron chi connectivity index (χ1n) is 12.2. The van der Waals surface area contributed by atoms with Crippen molar-refractivity contribution in [2.45, 2.75) is 110 Å². The fraction of sp³-hybridized carbons (Fsp3) is 0.960. The number of alkyl halides is 1. The van der Waals surface area contributed by atoms with Crippen LogP contribution in [-0.2, 0) is 0 Å². The van der Waals surface area contributed by atoms with Crippen molar-refractivity contribution < 1.29 is 20.9 Å². The van der Waals surface area contributed by atoms with Gasteiger partial charge in [0.05, 0.1) is 6.10 Å². The molecule has 3 fully saturated rings. The molecule has 0 bridgehead atoms. The summed E-state index contributed by atoms with van der Waals surface area (Å²) in [6.45, 7) is 12.2. The van der Waals surface area contributed by atoms with Gasteiger partial charge < -0.3 is 32.0 Å². The summed E-state index contributed by atoms with van der Waals surface area (Å²) in [7, 11) is 0. The van der Waals surface area contributed by atoms with Gasteiger partial charge in [0, 0.05) is 24.5 Å². The van der Waals surface area contributed by atoms with Crippen molar-refractivity contribution in [2.75, 3.05) is 19.6 Å². The van der Waals surface area contributed by atoms with Gasteiger partial charge in [0.15, 0.2) is 0 Å². The molecule has 0 aromatic rings. The van der Waals surface area contributed by atoms with E-state index in [0.717, 1.165) is 44.3 Å². The minimum Gasteiger partial charge on any atom is -0.412 e. The lowest BCUT2D eigenvalue weighted by Gasteiger charge is -2.49. The van der Waals surface area contributed by atoms with Crippen LogP contribution in [0.25, 0.3) is 0 Å². The summed E-state index contributed by atoms with van der Waals surface area (Å²) in [5.74, 6) is 2.01. The standard InChI is InChI=1S/C19H36ClN3O.C5H10O.CH4.2H2O/c1-13(2)17(22-18(21)24)11-23-10-9-16(19(3,4)12-23)14-5-7-15(20)8-6-14;6-5-3-1-2-4-5;;;/h13-17H,5-12H2,1-4H3,(H3,21,22,24);5-6H,1-4H2;1H4;2*1H2/t14?,15?,16?,17-;;;;/m0..../s1. The molecule has 3 aliphatic rings. The fourth-order valence-electron chi connectivity index (χ4n) is 5.78. The van der Waals surface area contributed by atoms with Crippen molar-refractivity contribution in [3.8, 4) is 0 Å². The maximum atomic E-state index is 11.3. The first-order chi connectivity index (χ1) is 14.1. The van der Waals surface area contributed by atoms with Crippen molar-refractivity contribution in [3.05, 3.63) is 0 Å². The smallest absolute Gasteiger partial charge is 0.312 e. The number of primary amides is 1. The Labute approximate surface area is 207 Å². The number of carbonyl (C=O) groups excluding carboxylic acids is 1. The molecule has 2 amide bonds. The van der Waals surface area contributed by atoms with E-state index in [2.05, 4.69) is 37.9 Å². The molecule has 0 spiro atoms. The molecule has 0 aromatic carbocycles. The van der Waals surface area contributed by atoms with Crippen LogP contribution in [0.15, 0.2) is 0 Å². The molecule has 0 radical (unpaired) electrons. The number of carbonyl (C=O) groups is 1. The first kappa shape index (κ1) is 34.6. The molecule has 33 heavy (non-hydrogen) atoms. The first-order valence-corrected chi connectivity index (χ1v) is 12.6. The van der Waals surface area contributed by atoms with E-state index in [0.29, 0.717) is 16.7 Å². The van der Waals surface area contributed by atoms with Crippen LogP contribution < -0.4 is 11.1 Å². The molecular weight excluding hydrogens is 442 g/mol. The van der Waals surface area contributed by atoms with Crippen LogP contribution in [0.5, 0.6) is 0 Å². The molecular formula is C25H54ClN3O4. The van der Waals surface area contributed by atoms with Crippen LogP contribution in [0.4, 0.5) is 4.79 Å². The zero-order valence-corrected chi connectivity index (χ0v) is 21.5. The van der Waals surface area contributed by atoms with Gasteiger partial charge >= 0.3 is 6.03 Å². The van der Waals surface area contributed by atoms with E-state index in [-0.39, 0.29) is 30.5 Å². The molecule has 8 heteroatoms. The average molecular weight is 496 g/mol. The van der Waals surface area contributed by atoms with Gasteiger partial charge in [0.25, 0.3) is 0 Å². The third kappa shape index (κ3) is 11.6. The minimum absolute atomic E-state index is 0. The van der Waals surface area contributed by atoms with Crippen molar-refractivity contribution in [2.24, 2.45) is 28.9 Å². The Balaban J connectivity index is 0. The number of hydrogen-bond acceptors (Lipinski definition) is 3. The normalized spacial score (nSPS) is 28.3. The zero-order chi connectivity index (χ0) is 22.3. The summed E-state index contributed by atoms with van der Waals surface area (Å²) < 4.78 is 0. The predicted molar refractivity (Wildman–Crippen MR) is 140 cm³/mol. The number of nitrogens with one attached hydrogen (secondary N) is 1. The number of halogens is 1. The summed E-state index contributed by atoms with van der Waals surface area (Å²) in [6.07, 6.45) is 10.8. The monoisotopic (exact) mass is 495 g/mol. The second kappa shape index (κ2) is 16.1. The lowest BCUT2D eigenvalue weighted by atomic mass is 9.64. The van der Waals surface area contributed by atoms with Gasteiger partial charge in [0.2, 0.25) is 0 Å². The van der Waals surface area contributed by atoms with E-state index in [1.165, 1.54) is 44.9 Å². The summed E-state index contributed by atoms with van der Waals surface area (Å²) in [6, 6.07) is -0.290. The number of piperidine rings is 1. The van der Waals surface area contributed by atoms with E-state index >= 15 is 0 Å². The third-order valence-electron chi connectivity index (χ3n) is 7.57. The number of rotatable bonds is 5. The molecule has 2 atom stereocenters. The molecule has 0 aromatic heterocycles. The molecule has 2 saturated carbocycles. The maximum absolute atomic E-state index is 11.3. The van der Waals surface area contributed by atoms with Gasteiger partial charge in [-0.1, -0.05) is 48.0 Å². The Morgan fingerprint density at radius 1 is 1.09 bits per heavy atom. The topological polar surface area (TPSA) is 142 Å². The Morgan fingerprint density at radius 2 is 1.64 bits per heavy atom. The number of nitrogens with two attached hydrogens (primary N) is 1. The van der Waals surface area contributed by atoms with Crippen LogP contribution >= 0.6 is 11.6 Å². The summed E-state index contributed by atoms with van der Waals surface area (Å²) >= 11 is 6.29. The second-order valence-electron chi connectivity index (χ2n) is 10.9. The Morgan fingerprint density at radius 3 is 2.03 bits per heavy atom. The highest BCUT2D eigenvalue weighted by molar-refractivity contribution is 6.20. The van der Waals surface area contributed by atoms with Crippen LogP contribution in [0.3, 0.4) is 0 Å². The number of aliphatic hydroxyl groups excluding tert-OH is 1. The minimum atomic E-state index is -0.416. The molecule has 8 N–H and O–H groups in total. The summed E-state index contributed by atoms with van der Waals surface area (Å²) in [5.41, 5.74) is 5.66. The number of amides is 2. The third-order valence-corrected chi connectivity index (χ3v) is 8.01. The summed E-state index contributed by atoms with van der Waals surface area (Å²) in [4.78, 5) is 13.8. The maximum Gasteiger partial charge on any atom is 0.312 e. The Kier molecular flexibility index (Phi) is 16.9. The largest absolute Gasteiger partial charge is 0.412 e. The Hall–Kier alpha value is -0.600. The highest BCUT2D eigenvalue weighted by Crippen LogP contribution is 2.45. The van der Waals surface area contributed by atoms with Gasteiger partial charge in [-0.15, -0.1) is 11.6 Å². The van der Waals surface area contributed by atoms with Crippen molar-refractivity contribution >= 4 is 17.6 Å². The molecule has 200 valence electrons. The van der Waals surface area contributed by atoms with E-state index in [9.17, 15) is 4.79 Å². The van der Waals surface area contributed by atoms with Gasteiger partial charge in [-0.3, -0.25) is 0 Å². The number of urea groups is 1. The fourth-order valence-corrected chi connectivity index (χ4v) is 6.04. The molecule has 7 nitrogen and oxygen atoms in total. The van der Waals surface area contributed by atoms with Gasteiger partial charge in [0.1, 0.15) is 0 Å². The van der Waals surface area contributed by atoms with Crippen molar-refractivity contribution in [3.63, 3.8) is 0 Å². The average Bonchev–Trinajstić information content (AvgIpc) is 3.13. The van der Waals surface area contributed by atoms with Crippen molar-refractivity contribution in [1.29, 1.82) is 0 Å². The van der Waals surface area contributed by atoms with Crippen LogP contribution in [-0.4, -0.2) is 64.1 Å². The number of nitrogens with zero attached hydrogens (tertiary/aromatic N) is 1. The van der Waals surface area contributed by atoms with Crippen LogP contribution in [0, 0.1) is 23.2 Å². The zero-order valence-electron chi connectivity index (χ0n) is 20.7. The number of likely N-dealkylation sites (tertiary alicyclic amines) is 1.